The van der Waals surface area contributed by atoms with E-state index in [1.54, 1.807) is 6.07 Å². The van der Waals surface area contributed by atoms with Crippen molar-refractivity contribution in [3.05, 3.63) is 71.8 Å². The summed E-state index contributed by atoms with van der Waals surface area (Å²) in [6, 6.07) is 18.8. The number of phenolic OH excluding ortho intramolecular Hbond substituents is 1. The number of halogens is 1. The summed E-state index contributed by atoms with van der Waals surface area (Å²) in [5, 5.41) is 9.86. The highest BCUT2D eigenvalue weighted by Gasteiger charge is 2.30. The van der Waals surface area contributed by atoms with Gasteiger partial charge in [-0.3, -0.25) is 0 Å². The van der Waals surface area contributed by atoms with Gasteiger partial charge in [0.2, 0.25) is 0 Å². The van der Waals surface area contributed by atoms with Crippen LogP contribution >= 0.6 is 12.4 Å². The highest BCUT2D eigenvalue weighted by atomic mass is 35.5. The van der Waals surface area contributed by atoms with E-state index in [2.05, 4.69) is 61.5 Å². The van der Waals surface area contributed by atoms with E-state index in [4.69, 9.17) is 0 Å². The van der Waals surface area contributed by atoms with E-state index in [0.29, 0.717) is 17.7 Å². The fraction of sp³-hybridized carbons (Fsp3) is 0.333. The van der Waals surface area contributed by atoms with Crippen molar-refractivity contribution in [1.82, 2.24) is 4.90 Å². The molecule has 0 radical (unpaired) electrons. The molecule has 1 aliphatic carbocycles. The maximum absolute atomic E-state index is 9.86. The normalized spacial score (nSPS) is 18.6. The largest absolute Gasteiger partial charge is 0.508 e. The van der Waals surface area contributed by atoms with Crippen molar-refractivity contribution < 1.29 is 5.11 Å². The molecule has 0 saturated carbocycles. The van der Waals surface area contributed by atoms with E-state index >= 15 is 0 Å². The average molecular weight is 344 g/mol. The number of rotatable bonds is 4. The van der Waals surface area contributed by atoms with Crippen LogP contribution in [0.3, 0.4) is 0 Å². The Morgan fingerprint density at radius 2 is 1.79 bits per heavy atom. The van der Waals surface area contributed by atoms with Gasteiger partial charge in [-0.25, -0.2) is 0 Å². The van der Waals surface area contributed by atoms with Crippen molar-refractivity contribution in [3.8, 4) is 5.75 Å². The average Bonchev–Trinajstić information content (AvgIpc) is 2.56. The topological polar surface area (TPSA) is 23.5 Å². The second-order valence-corrected chi connectivity index (χ2v) is 6.57. The van der Waals surface area contributed by atoms with Crippen LogP contribution in [0, 0.1) is 5.92 Å². The molecule has 3 rings (SSSR count). The van der Waals surface area contributed by atoms with Crippen LogP contribution in [0.25, 0.3) is 5.57 Å². The van der Waals surface area contributed by atoms with Gasteiger partial charge in [-0.1, -0.05) is 48.5 Å². The molecule has 2 unspecified atom stereocenters. The lowest BCUT2D eigenvalue weighted by Crippen LogP contribution is -2.29. The Kier molecular flexibility index (Phi) is 6.47. The van der Waals surface area contributed by atoms with Gasteiger partial charge in [-0.05, 0) is 62.2 Å². The molecule has 1 N–H and O–H groups in total. The number of aromatic hydroxyl groups is 1. The second kappa shape index (κ2) is 8.36. The Bertz CT molecular complexity index is 681. The Balaban J connectivity index is 0.00000208. The third kappa shape index (κ3) is 4.00. The Morgan fingerprint density at radius 1 is 1.04 bits per heavy atom. The van der Waals surface area contributed by atoms with Crippen molar-refractivity contribution in [1.29, 1.82) is 0 Å². The Labute approximate surface area is 151 Å². The second-order valence-electron chi connectivity index (χ2n) is 6.57. The van der Waals surface area contributed by atoms with Crippen LogP contribution in [-0.2, 0) is 0 Å². The number of hydrogen-bond acceptors (Lipinski definition) is 2. The fourth-order valence-corrected chi connectivity index (χ4v) is 3.79. The maximum Gasteiger partial charge on any atom is 0.116 e. The number of hydrogen-bond donors (Lipinski definition) is 1. The molecule has 2 atom stereocenters. The van der Waals surface area contributed by atoms with Gasteiger partial charge in [-0.2, -0.15) is 0 Å². The molecule has 24 heavy (non-hydrogen) atoms. The summed E-state index contributed by atoms with van der Waals surface area (Å²) in [5.74, 6) is 0.789. The van der Waals surface area contributed by atoms with Crippen molar-refractivity contribution in [3.63, 3.8) is 0 Å². The van der Waals surface area contributed by atoms with E-state index in [0.717, 1.165) is 12.0 Å². The molecule has 0 heterocycles. The predicted octanol–water partition coefficient (Wildman–Crippen LogP) is 5.30. The molecule has 3 heteroatoms. The van der Waals surface area contributed by atoms with E-state index in [-0.39, 0.29) is 12.4 Å². The first-order chi connectivity index (χ1) is 11.2. The van der Waals surface area contributed by atoms with Gasteiger partial charge in [0.1, 0.15) is 5.75 Å². The van der Waals surface area contributed by atoms with Crippen LogP contribution in [0.15, 0.2) is 60.7 Å². The molecule has 1 aliphatic rings. The molecule has 2 aromatic carbocycles. The Hall–Kier alpha value is -1.77. The van der Waals surface area contributed by atoms with Crippen molar-refractivity contribution in [2.75, 3.05) is 14.1 Å². The predicted molar refractivity (Wildman–Crippen MR) is 104 cm³/mol. The van der Waals surface area contributed by atoms with E-state index < -0.39 is 0 Å². The minimum Gasteiger partial charge on any atom is -0.508 e. The smallest absolute Gasteiger partial charge is 0.116 e. The van der Waals surface area contributed by atoms with Crippen LogP contribution in [0.2, 0.25) is 0 Å². The molecule has 0 bridgehead atoms. The minimum atomic E-state index is 0. The number of benzene rings is 2. The minimum absolute atomic E-state index is 0. The summed E-state index contributed by atoms with van der Waals surface area (Å²) in [6.45, 7) is 0. The van der Waals surface area contributed by atoms with Crippen LogP contribution < -0.4 is 0 Å². The molecular formula is C21H26ClNO. The number of phenols is 1. The van der Waals surface area contributed by atoms with Gasteiger partial charge in [0, 0.05) is 12.0 Å². The van der Waals surface area contributed by atoms with Crippen LogP contribution in [-0.4, -0.2) is 24.1 Å². The summed E-state index contributed by atoms with van der Waals surface area (Å²) in [4.78, 5) is 2.32. The summed E-state index contributed by atoms with van der Waals surface area (Å²) in [5.41, 5.74) is 3.88. The molecule has 0 aromatic heterocycles. The molecule has 0 amide bonds. The zero-order valence-corrected chi connectivity index (χ0v) is 15.2. The molecule has 0 saturated heterocycles. The van der Waals surface area contributed by atoms with E-state index in [1.165, 1.54) is 24.0 Å². The molecule has 128 valence electrons. The zero-order valence-electron chi connectivity index (χ0n) is 14.4. The lowest BCUT2D eigenvalue weighted by atomic mass is 9.76. The van der Waals surface area contributed by atoms with Gasteiger partial charge in [0.15, 0.2) is 0 Å². The van der Waals surface area contributed by atoms with Crippen LogP contribution in [0.4, 0.5) is 0 Å². The fourth-order valence-electron chi connectivity index (χ4n) is 3.79. The molecule has 0 fully saturated rings. The molecular weight excluding hydrogens is 318 g/mol. The Morgan fingerprint density at radius 3 is 2.46 bits per heavy atom. The first kappa shape index (κ1) is 18.6. The lowest BCUT2D eigenvalue weighted by molar-refractivity contribution is 0.234. The first-order valence-corrected chi connectivity index (χ1v) is 8.37. The zero-order chi connectivity index (χ0) is 16.2. The third-order valence-electron chi connectivity index (χ3n) is 4.74. The van der Waals surface area contributed by atoms with E-state index in [1.807, 2.05) is 12.1 Å². The van der Waals surface area contributed by atoms with Crippen molar-refractivity contribution >= 4 is 18.0 Å². The highest BCUT2D eigenvalue weighted by molar-refractivity contribution is 5.85. The molecule has 2 aromatic rings. The number of allylic oxidation sites excluding steroid dienone is 1. The molecule has 0 aliphatic heterocycles. The SMILES string of the molecule is CN(C)C(c1ccccc1)C1CCCC=C1c1cccc(O)c1.Cl. The van der Waals surface area contributed by atoms with Gasteiger partial charge >= 0.3 is 0 Å². The van der Waals surface area contributed by atoms with Gasteiger partial charge in [0.25, 0.3) is 0 Å². The summed E-state index contributed by atoms with van der Waals surface area (Å²) in [7, 11) is 4.32. The van der Waals surface area contributed by atoms with Gasteiger partial charge in [0.05, 0.1) is 0 Å². The summed E-state index contributed by atoms with van der Waals surface area (Å²) >= 11 is 0. The number of nitrogens with zero attached hydrogens (tertiary/aromatic N) is 1. The van der Waals surface area contributed by atoms with Crippen molar-refractivity contribution in [2.45, 2.75) is 25.3 Å². The third-order valence-corrected chi connectivity index (χ3v) is 4.74. The molecule has 0 spiro atoms. The standard InChI is InChI=1S/C21H25NO.ClH/c1-22(2)21(16-9-4-3-5-10-16)20-14-7-6-13-19(20)17-11-8-12-18(23)15-17;/h3-5,8-13,15,20-21,23H,6-7,14H2,1-2H3;1H. The summed E-state index contributed by atoms with van der Waals surface area (Å²) in [6.07, 6.45) is 5.89. The lowest BCUT2D eigenvalue weighted by Gasteiger charge is -2.36. The van der Waals surface area contributed by atoms with Gasteiger partial charge in [-0.15, -0.1) is 12.4 Å². The van der Waals surface area contributed by atoms with E-state index in [9.17, 15) is 5.11 Å². The van der Waals surface area contributed by atoms with Crippen molar-refractivity contribution in [2.24, 2.45) is 5.92 Å². The van der Waals surface area contributed by atoms with Gasteiger partial charge < -0.3 is 10.0 Å². The highest BCUT2D eigenvalue weighted by Crippen LogP contribution is 2.43. The summed E-state index contributed by atoms with van der Waals surface area (Å²) < 4.78 is 0. The van der Waals surface area contributed by atoms with Crippen LogP contribution in [0.1, 0.15) is 36.4 Å². The monoisotopic (exact) mass is 343 g/mol. The first-order valence-electron chi connectivity index (χ1n) is 8.37. The van der Waals surface area contributed by atoms with Crippen LogP contribution in [0.5, 0.6) is 5.75 Å². The quantitative estimate of drug-likeness (QED) is 0.814. The molecule has 2 nitrogen and oxygen atoms in total. The maximum atomic E-state index is 9.86.